The van der Waals surface area contributed by atoms with Gasteiger partial charge in [-0.05, 0) is 49.4 Å². The predicted octanol–water partition coefficient (Wildman–Crippen LogP) is 2.43. The molecule has 108 valence electrons. The van der Waals surface area contributed by atoms with E-state index in [1.807, 2.05) is 4.90 Å². The van der Waals surface area contributed by atoms with Crippen LogP contribution in [-0.2, 0) is 0 Å². The SMILES string of the molecule is O=C(Nc1cccc(F)c1)N1CCC2(CCNC2)CC1. The van der Waals surface area contributed by atoms with Crippen molar-refractivity contribution in [3.63, 3.8) is 0 Å². The fraction of sp³-hybridized carbons (Fsp3) is 0.533. The van der Waals surface area contributed by atoms with Gasteiger partial charge in [0.2, 0.25) is 0 Å². The Morgan fingerprint density at radius 3 is 2.75 bits per heavy atom. The standard InChI is InChI=1S/C15H20FN3O/c16-12-2-1-3-13(10-12)18-14(20)19-8-5-15(6-9-19)4-7-17-11-15/h1-3,10,17H,4-9,11H2,(H,18,20). The number of nitrogens with zero attached hydrogens (tertiary/aromatic N) is 1. The van der Waals surface area contributed by atoms with Crippen LogP contribution in [0.1, 0.15) is 19.3 Å². The number of carbonyl (C=O) groups is 1. The summed E-state index contributed by atoms with van der Waals surface area (Å²) in [7, 11) is 0. The van der Waals surface area contributed by atoms with E-state index < -0.39 is 0 Å². The van der Waals surface area contributed by atoms with Crippen molar-refractivity contribution >= 4 is 11.7 Å². The Balaban J connectivity index is 1.56. The van der Waals surface area contributed by atoms with Crippen molar-refractivity contribution in [2.75, 3.05) is 31.5 Å². The first-order valence-corrected chi connectivity index (χ1v) is 7.19. The lowest BCUT2D eigenvalue weighted by Crippen LogP contribution is -2.45. The van der Waals surface area contributed by atoms with E-state index in [0.29, 0.717) is 11.1 Å². The Labute approximate surface area is 118 Å². The number of urea groups is 1. The number of halogens is 1. The molecule has 2 heterocycles. The molecule has 3 rings (SSSR count). The van der Waals surface area contributed by atoms with Gasteiger partial charge >= 0.3 is 6.03 Å². The van der Waals surface area contributed by atoms with E-state index in [0.717, 1.165) is 39.0 Å². The highest BCUT2D eigenvalue weighted by Crippen LogP contribution is 2.36. The summed E-state index contributed by atoms with van der Waals surface area (Å²) in [5, 5.41) is 6.17. The summed E-state index contributed by atoms with van der Waals surface area (Å²) in [6.07, 6.45) is 3.32. The van der Waals surface area contributed by atoms with Crippen molar-refractivity contribution in [1.29, 1.82) is 0 Å². The third-order valence-corrected chi connectivity index (χ3v) is 4.52. The molecule has 4 nitrogen and oxygen atoms in total. The second-order valence-corrected chi connectivity index (χ2v) is 5.85. The van der Waals surface area contributed by atoms with Gasteiger partial charge in [0.05, 0.1) is 0 Å². The van der Waals surface area contributed by atoms with Gasteiger partial charge in [0.1, 0.15) is 5.82 Å². The van der Waals surface area contributed by atoms with Crippen molar-refractivity contribution in [3.8, 4) is 0 Å². The fourth-order valence-corrected chi connectivity index (χ4v) is 3.18. The quantitative estimate of drug-likeness (QED) is 0.828. The van der Waals surface area contributed by atoms with Crippen LogP contribution in [0.5, 0.6) is 0 Å². The number of hydrogen-bond donors (Lipinski definition) is 2. The number of hydrogen-bond acceptors (Lipinski definition) is 2. The fourth-order valence-electron chi connectivity index (χ4n) is 3.18. The second kappa shape index (κ2) is 5.40. The summed E-state index contributed by atoms with van der Waals surface area (Å²) in [6, 6.07) is 5.88. The first-order valence-electron chi connectivity index (χ1n) is 7.19. The molecule has 1 aromatic carbocycles. The highest BCUT2D eigenvalue weighted by molar-refractivity contribution is 5.89. The minimum atomic E-state index is -0.336. The minimum absolute atomic E-state index is 0.128. The monoisotopic (exact) mass is 277 g/mol. The van der Waals surface area contributed by atoms with Crippen LogP contribution in [-0.4, -0.2) is 37.1 Å². The summed E-state index contributed by atoms with van der Waals surface area (Å²) >= 11 is 0. The zero-order chi connectivity index (χ0) is 14.0. The van der Waals surface area contributed by atoms with E-state index in [4.69, 9.17) is 0 Å². The first kappa shape index (κ1) is 13.4. The van der Waals surface area contributed by atoms with Crippen LogP contribution in [0.15, 0.2) is 24.3 Å². The maximum Gasteiger partial charge on any atom is 0.321 e. The molecule has 5 heteroatoms. The molecule has 20 heavy (non-hydrogen) atoms. The molecule has 1 aromatic rings. The zero-order valence-electron chi connectivity index (χ0n) is 11.5. The van der Waals surface area contributed by atoms with Crippen LogP contribution in [0.25, 0.3) is 0 Å². The lowest BCUT2D eigenvalue weighted by Gasteiger charge is -2.38. The molecule has 2 saturated heterocycles. The number of benzene rings is 1. The zero-order valence-corrected chi connectivity index (χ0v) is 11.5. The number of likely N-dealkylation sites (tertiary alicyclic amines) is 1. The van der Waals surface area contributed by atoms with Gasteiger partial charge in [0, 0.05) is 25.3 Å². The van der Waals surface area contributed by atoms with E-state index in [9.17, 15) is 9.18 Å². The number of rotatable bonds is 1. The van der Waals surface area contributed by atoms with Crippen LogP contribution in [0.3, 0.4) is 0 Å². The average molecular weight is 277 g/mol. The van der Waals surface area contributed by atoms with Crippen molar-refractivity contribution in [1.82, 2.24) is 10.2 Å². The number of anilines is 1. The van der Waals surface area contributed by atoms with Crippen LogP contribution in [0.4, 0.5) is 14.9 Å². The largest absolute Gasteiger partial charge is 0.324 e. The third kappa shape index (κ3) is 2.77. The first-order chi connectivity index (χ1) is 9.67. The van der Waals surface area contributed by atoms with Crippen LogP contribution < -0.4 is 10.6 Å². The smallest absolute Gasteiger partial charge is 0.321 e. The Morgan fingerprint density at radius 1 is 1.30 bits per heavy atom. The lowest BCUT2D eigenvalue weighted by molar-refractivity contribution is 0.137. The maximum atomic E-state index is 13.1. The lowest BCUT2D eigenvalue weighted by atomic mass is 9.78. The molecule has 2 fully saturated rings. The van der Waals surface area contributed by atoms with Crippen molar-refractivity contribution in [3.05, 3.63) is 30.1 Å². The van der Waals surface area contributed by atoms with Crippen molar-refractivity contribution < 1.29 is 9.18 Å². The summed E-state index contributed by atoms with van der Waals surface area (Å²) in [6.45, 7) is 3.73. The van der Waals surface area contributed by atoms with Crippen molar-refractivity contribution in [2.45, 2.75) is 19.3 Å². The topological polar surface area (TPSA) is 44.4 Å². The molecule has 2 aliphatic rings. The van der Waals surface area contributed by atoms with Gasteiger partial charge in [0.15, 0.2) is 0 Å². The molecule has 0 radical (unpaired) electrons. The molecule has 0 aromatic heterocycles. The molecular formula is C15H20FN3O. The second-order valence-electron chi connectivity index (χ2n) is 5.85. The Bertz CT molecular complexity index is 490. The number of piperidine rings is 1. The highest BCUT2D eigenvalue weighted by Gasteiger charge is 2.37. The van der Waals surface area contributed by atoms with E-state index in [2.05, 4.69) is 10.6 Å². The van der Waals surface area contributed by atoms with Crippen molar-refractivity contribution in [2.24, 2.45) is 5.41 Å². The molecule has 2 aliphatic heterocycles. The Morgan fingerprint density at radius 2 is 2.10 bits per heavy atom. The van der Waals surface area contributed by atoms with E-state index >= 15 is 0 Å². The molecular weight excluding hydrogens is 257 g/mol. The summed E-state index contributed by atoms with van der Waals surface area (Å²) in [5.74, 6) is -0.336. The summed E-state index contributed by atoms with van der Waals surface area (Å²) in [5.41, 5.74) is 0.910. The Hall–Kier alpha value is -1.62. The third-order valence-electron chi connectivity index (χ3n) is 4.52. The van der Waals surface area contributed by atoms with Crippen LogP contribution >= 0.6 is 0 Å². The highest BCUT2D eigenvalue weighted by atomic mass is 19.1. The molecule has 0 bridgehead atoms. The molecule has 1 spiro atoms. The van der Waals surface area contributed by atoms with Gasteiger partial charge in [-0.1, -0.05) is 6.07 Å². The minimum Gasteiger partial charge on any atom is -0.324 e. The normalized spacial score (nSPS) is 21.1. The number of carbonyl (C=O) groups excluding carboxylic acids is 1. The molecule has 0 unspecified atom stereocenters. The van der Waals surface area contributed by atoms with Gasteiger partial charge in [0.25, 0.3) is 0 Å². The maximum absolute atomic E-state index is 13.1. The van der Waals surface area contributed by atoms with Gasteiger partial charge < -0.3 is 15.5 Å². The van der Waals surface area contributed by atoms with E-state index in [-0.39, 0.29) is 11.8 Å². The van der Waals surface area contributed by atoms with E-state index in [1.54, 1.807) is 12.1 Å². The van der Waals surface area contributed by atoms with Gasteiger partial charge in [-0.3, -0.25) is 0 Å². The summed E-state index contributed by atoms with van der Waals surface area (Å²) < 4.78 is 13.1. The summed E-state index contributed by atoms with van der Waals surface area (Å²) in [4.78, 5) is 14.0. The number of nitrogens with one attached hydrogen (secondary N) is 2. The van der Waals surface area contributed by atoms with Gasteiger partial charge in [-0.15, -0.1) is 0 Å². The number of amides is 2. The van der Waals surface area contributed by atoms with Crippen LogP contribution in [0.2, 0.25) is 0 Å². The molecule has 0 aliphatic carbocycles. The molecule has 2 N–H and O–H groups in total. The molecule has 2 amide bonds. The average Bonchev–Trinajstić information content (AvgIpc) is 2.88. The molecule has 0 atom stereocenters. The predicted molar refractivity (Wildman–Crippen MR) is 76.1 cm³/mol. The van der Waals surface area contributed by atoms with Gasteiger partial charge in [-0.25, -0.2) is 9.18 Å². The van der Waals surface area contributed by atoms with E-state index in [1.165, 1.54) is 18.6 Å². The van der Waals surface area contributed by atoms with Gasteiger partial charge in [-0.2, -0.15) is 0 Å². The molecule has 0 saturated carbocycles. The van der Waals surface area contributed by atoms with Crippen LogP contribution in [0, 0.1) is 11.2 Å². The Kier molecular flexibility index (Phi) is 3.61.